The van der Waals surface area contributed by atoms with Crippen molar-refractivity contribution in [3.63, 3.8) is 0 Å². The Balaban J connectivity index is 2.45. The van der Waals surface area contributed by atoms with Crippen molar-refractivity contribution in [2.45, 2.75) is 6.92 Å². The first kappa shape index (κ1) is 17.0. The first-order valence-corrected chi connectivity index (χ1v) is 6.57. The van der Waals surface area contributed by atoms with Crippen LogP contribution in [0.1, 0.15) is 17.3 Å². The third kappa shape index (κ3) is 6.29. The minimum absolute atomic E-state index is 0.0412. The van der Waals surface area contributed by atoms with E-state index in [4.69, 9.17) is 21.4 Å². The molecule has 6 nitrogen and oxygen atoms in total. The van der Waals surface area contributed by atoms with Crippen LogP contribution < -0.4 is 10.6 Å². The van der Waals surface area contributed by atoms with Crippen LogP contribution in [0.15, 0.2) is 30.4 Å². The van der Waals surface area contributed by atoms with Crippen LogP contribution in [0.4, 0.5) is 10.5 Å². The highest BCUT2D eigenvalue weighted by molar-refractivity contribution is 6.33. The fourth-order valence-electron chi connectivity index (χ4n) is 1.40. The number of carboxylic acid groups (broad SMARTS) is 1. The van der Waals surface area contributed by atoms with Gasteiger partial charge in [-0.25, -0.2) is 9.59 Å². The summed E-state index contributed by atoms with van der Waals surface area (Å²) in [5, 5.41) is 14.2. The number of nitrogens with one attached hydrogen (secondary N) is 2. The second-order valence-corrected chi connectivity index (χ2v) is 4.80. The Morgan fingerprint density at radius 3 is 2.76 bits per heavy atom. The number of amides is 2. The highest BCUT2D eigenvalue weighted by Crippen LogP contribution is 2.22. The standard InChI is InChI=1S/C14H17ClN2O4/c1-9(2)8-21-6-5-16-14(20)17-12-7-10(13(18)19)3-4-11(12)15/h3-4,7H,1,5-6,8H2,2H3,(H,18,19)(H2,16,17,20). The summed E-state index contributed by atoms with van der Waals surface area (Å²) in [7, 11) is 0. The summed E-state index contributed by atoms with van der Waals surface area (Å²) >= 11 is 5.89. The number of benzene rings is 1. The van der Waals surface area contributed by atoms with Gasteiger partial charge in [0, 0.05) is 6.54 Å². The molecule has 21 heavy (non-hydrogen) atoms. The van der Waals surface area contributed by atoms with E-state index in [1.807, 2.05) is 6.92 Å². The van der Waals surface area contributed by atoms with Crippen LogP contribution in [0.5, 0.6) is 0 Å². The molecule has 0 aliphatic heterocycles. The zero-order chi connectivity index (χ0) is 15.8. The molecule has 0 radical (unpaired) electrons. The molecule has 0 aliphatic carbocycles. The maximum Gasteiger partial charge on any atom is 0.335 e. The van der Waals surface area contributed by atoms with Crippen LogP contribution in [-0.4, -0.2) is 36.9 Å². The van der Waals surface area contributed by atoms with Crippen LogP contribution in [0.25, 0.3) is 0 Å². The summed E-state index contributed by atoms with van der Waals surface area (Å²) in [5.41, 5.74) is 1.17. The minimum Gasteiger partial charge on any atom is -0.478 e. The first-order valence-electron chi connectivity index (χ1n) is 6.20. The Kier molecular flexibility index (Phi) is 6.71. The molecule has 0 unspecified atom stereocenters. The number of hydrogen-bond donors (Lipinski definition) is 3. The molecule has 1 aromatic carbocycles. The minimum atomic E-state index is -1.09. The van der Waals surface area contributed by atoms with Crippen LogP contribution in [0.3, 0.4) is 0 Å². The predicted octanol–water partition coefficient (Wildman–Crippen LogP) is 2.75. The fourth-order valence-corrected chi connectivity index (χ4v) is 1.57. The Bertz CT molecular complexity index is 546. The van der Waals surface area contributed by atoms with Crippen LogP contribution in [0, 0.1) is 0 Å². The van der Waals surface area contributed by atoms with Gasteiger partial charge in [-0.1, -0.05) is 23.8 Å². The van der Waals surface area contributed by atoms with Crippen LogP contribution in [-0.2, 0) is 4.74 Å². The normalized spacial score (nSPS) is 10.0. The molecule has 0 saturated heterocycles. The summed E-state index contributed by atoms with van der Waals surface area (Å²) in [6.07, 6.45) is 0. The molecule has 0 aliphatic rings. The third-order valence-corrected chi connectivity index (χ3v) is 2.67. The number of ether oxygens (including phenoxy) is 1. The van der Waals surface area contributed by atoms with Gasteiger partial charge >= 0.3 is 12.0 Å². The number of rotatable bonds is 7. The van der Waals surface area contributed by atoms with Crippen molar-refractivity contribution in [1.82, 2.24) is 5.32 Å². The molecular formula is C14H17ClN2O4. The van der Waals surface area contributed by atoms with Crippen molar-refractivity contribution in [3.05, 3.63) is 40.9 Å². The lowest BCUT2D eigenvalue weighted by Gasteiger charge is -2.10. The maximum absolute atomic E-state index is 11.6. The van der Waals surface area contributed by atoms with Gasteiger partial charge in [-0.2, -0.15) is 0 Å². The van der Waals surface area contributed by atoms with E-state index >= 15 is 0 Å². The maximum atomic E-state index is 11.6. The molecule has 0 fully saturated rings. The lowest BCUT2D eigenvalue weighted by Crippen LogP contribution is -2.31. The van der Waals surface area contributed by atoms with Crippen molar-refractivity contribution < 1.29 is 19.4 Å². The van der Waals surface area contributed by atoms with E-state index in [9.17, 15) is 9.59 Å². The zero-order valence-electron chi connectivity index (χ0n) is 11.6. The van der Waals surface area contributed by atoms with Gasteiger partial charge in [0.2, 0.25) is 0 Å². The van der Waals surface area contributed by atoms with Gasteiger partial charge in [0.15, 0.2) is 0 Å². The fraction of sp³-hybridized carbons (Fsp3) is 0.286. The van der Waals surface area contributed by atoms with E-state index in [-0.39, 0.29) is 16.3 Å². The molecule has 7 heteroatoms. The van der Waals surface area contributed by atoms with Crippen molar-refractivity contribution in [1.29, 1.82) is 0 Å². The van der Waals surface area contributed by atoms with E-state index in [1.54, 1.807) is 0 Å². The molecule has 0 bridgehead atoms. The molecule has 0 spiro atoms. The first-order chi connectivity index (χ1) is 9.90. The van der Waals surface area contributed by atoms with Crippen LogP contribution >= 0.6 is 11.6 Å². The van der Waals surface area contributed by atoms with Gasteiger partial charge in [0.05, 0.1) is 29.5 Å². The second-order valence-electron chi connectivity index (χ2n) is 4.39. The topological polar surface area (TPSA) is 87.7 Å². The largest absolute Gasteiger partial charge is 0.478 e. The zero-order valence-corrected chi connectivity index (χ0v) is 12.4. The number of carbonyl (C=O) groups excluding carboxylic acids is 1. The summed E-state index contributed by atoms with van der Waals surface area (Å²) in [4.78, 5) is 22.5. The van der Waals surface area contributed by atoms with Crippen molar-refractivity contribution >= 4 is 29.3 Å². The number of carboxylic acids is 1. The summed E-state index contributed by atoms with van der Waals surface area (Å²) in [5.74, 6) is -1.09. The molecule has 0 saturated carbocycles. The van der Waals surface area contributed by atoms with Gasteiger partial charge in [-0.15, -0.1) is 0 Å². The number of urea groups is 1. The van der Waals surface area contributed by atoms with Gasteiger partial charge in [-0.05, 0) is 25.1 Å². The van der Waals surface area contributed by atoms with E-state index < -0.39 is 12.0 Å². The number of aromatic carboxylic acids is 1. The van der Waals surface area contributed by atoms with Gasteiger partial charge in [0.1, 0.15) is 0 Å². The molecular weight excluding hydrogens is 296 g/mol. The molecule has 1 aromatic rings. The highest BCUT2D eigenvalue weighted by atomic mass is 35.5. The number of anilines is 1. The van der Waals surface area contributed by atoms with Gasteiger partial charge in [0.25, 0.3) is 0 Å². The molecule has 0 heterocycles. The third-order valence-electron chi connectivity index (χ3n) is 2.34. The van der Waals surface area contributed by atoms with Crippen LogP contribution in [0.2, 0.25) is 5.02 Å². The summed E-state index contributed by atoms with van der Waals surface area (Å²) in [6.45, 7) is 6.64. The summed E-state index contributed by atoms with van der Waals surface area (Å²) in [6, 6.07) is 3.58. The lowest BCUT2D eigenvalue weighted by molar-refractivity contribution is 0.0697. The van der Waals surface area contributed by atoms with Crippen molar-refractivity contribution in [2.75, 3.05) is 25.1 Å². The monoisotopic (exact) mass is 312 g/mol. The van der Waals surface area contributed by atoms with E-state index in [1.165, 1.54) is 18.2 Å². The number of carbonyl (C=O) groups is 2. The van der Waals surface area contributed by atoms with Crippen molar-refractivity contribution in [3.8, 4) is 0 Å². The Morgan fingerprint density at radius 1 is 1.43 bits per heavy atom. The lowest BCUT2D eigenvalue weighted by atomic mass is 10.2. The molecule has 3 N–H and O–H groups in total. The van der Waals surface area contributed by atoms with Gasteiger partial charge < -0.3 is 20.5 Å². The molecule has 1 rings (SSSR count). The van der Waals surface area contributed by atoms with E-state index in [2.05, 4.69) is 17.2 Å². The Hall–Kier alpha value is -2.05. The Morgan fingerprint density at radius 2 is 2.14 bits per heavy atom. The number of hydrogen-bond acceptors (Lipinski definition) is 3. The SMILES string of the molecule is C=C(C)COCCNC(=O)Nc1cc(C(=O)O)ccc1Cl. The molecule has 2 amide bonds. The predicted molar refractivity (Wildman–Crippen MR) is 81.1 cm³/mol. The molecule has 114 valence electrons. The van der Waals surface area contributed by atoms with E-state index in [0.717, 1.165) is 5.57 Å². The van der Waals surface area contributed by atoms with E-state index in [0.29, 0.717) is 19.8 Å². The Labute approximate surface area is 127 Å². The average Bonchev–Trinajstić information content (AvgIpc) is 2.40. The molecule has 0 aromatic heterocycles. The quantitative estimate of drug-likeness (QED) is 0.533. The van der Waals surface area contributed by atoms with Crippen molar-refractivity contribution in [2.24, 2.45) is 0 Å². The average molecular weight is 313 g/mol. The smallest absolute Gasteiger partial charge is 0.335 e. The highest BCUT2D eigenvalue weighted by Gasteiger charge is 2.09. The molecule has 0 atom stereocenters. The number of halogens is 1. The van der Waals surface area contributed by atoms with Gasteiger partial charge in [-0.3, -0.25) is 0 Å². The second kappa shape index (κ2) is 8.28. The summed E-state index contributed by atoms with van der Waals surface area (Å²) < 4.78 is 5.22.